The van der Waals surface area contributed by atoms with Crippen LogP contribution in [0.1, 0.15) is 6.92 Å². The molecule has 2 aromatic heterocycles. The average Bonchev–Trinajstić information content (AvgIpc) is 2.61. The smallest absolute Gasteiger partial charge is 0.411 e. The van der Waals surface area contributed by atoms with Crippen molar-refractivity contribution in [3.05, 3.63) is 30.7 Å². The number of nitrogens with zero attached hydrogens (tertiary/aromatic N) is 3. The summed E-state index contributed by atoms with van der Waals surface area (Å²) in [6, 6.07) is 2.68. The number of rotatable bonds is 7. The van der Waals surface area contributed by atoms with E-state index in [1.807, 2.05) is 0 Å². The van der Waals surface area contributed by atoms with E-state index in [0.29, 0.717) is 6.20 Å². The molecule has 0 spiro atoms. The molecule has 0 aliphatic rings. The van der Waals surface area contributed by atoms with E-state index in [1.54, 1.807) is 0 Å². The molecule has 2 heterocycles. The first-order chi connectivity index (χ1) is 12.1. The Morgan fingerprint density at radius 1 is 1.15 bits per heavy atom. The van der Waals surface area contributed by atoms with Gasteiger partial charge in [0.15, 0.2) is 9.84 Å². The molecule has 0 amide bonds. The normalized spacial score (nSPS) is 13.7. The van der Waals surface area contributed by atoms with Crippen LogP contribution in [-0.4, -0.2) is 47.8 Å². The SMILES string of the molecule is CCS(=O)(=O)c1cccnc1-c1cnc(OC(F)(F)C(F)C(F)F)cn1. The summed E-state index contributed by atoms with van der Waals surface area (Å²) < 4.78 is 91.3. The number of halogens is 5. The van der Waals surface area contributed by atoms with Gasteiger partial charge in [-0.05, 0) is 12.1 Å². The highest BCUT2D eigenvalue weighted by molar-refractivity contribution is 7.91. The van der Waals surface area contributed by atoms with Gasteiger partial charge in [0, 0.05) is 6.20 Å². The minimum absolute atomic E-state index is 0.0730. The largest absolute Gasteiger partial charge is 0.436 e. The molecule has 12 heteroatoms. The summed E-state index contributed by atoms with van der Waals surface area (Å²) in [6.07, 6.45) is -9.84. The van der Waals surface area contributed by atoms with E-state index in [0.717, 1.165) is 6.20 Å². The van der Waals surface area contributed by atoms with Crippen molar-refractivity contribution in [2.24, 2.45) is 0 Å². The van der Waals surface area contributed by atoms with Crippen molar-refractivity contribution >= 4 is 9.84 Å². The fourth-order valence-corrected chi connectivity index (χ4v) is 2.87. The first-order valence-corrected chi connectivity index (χ1v) is 8.73. The molecule has 0 fully saturated rings. The van der Waals surface area contributed by atoms with E-state index >= 15 is 0 Å². The molecule has 0 aliphatic carbocycles. The van der Waals surface area contributed by atoms with Crippen LogP contribution >= 0.6 is 0 Å². The number of ether oxygens (including phenoxy) is 1. The van der Waals surface area contributed by atoms with Crippen molar-refractivity contribution in [2.75, 3.05) is 5.75 Å². The fourth-order valence-electron chi connectivity index (χ4n) is 1.82. The molecule has 0 aliphatic heterocycles. The molecule has 0 saturated carbocycles. The van der Waals surface area contributed by atoms with Crippen molar-refractivity contribution in [1.82, 2.24) is 15.0 Å². The molecule has 2 rings (SSSR count). The first kappa shape index (κ1) is 19.9. The Kier molecular flexibility index (Phi) is 5.74. The van der Waals surface area contributed by atoms with Gasteiger partial charge in [-0.1, -0.05) is 6.92 Å². The molecule has 6 nitrogen and oxygen atoms in total. The Morgan fingerprint density at radius 2 is 1.85 bits per heavy atom. The third-order valence-corrected chi connectivity index (χ3v) is 4.90. The van der Waals surface area contributed by atoms with Gasteiger partial charge in [-0.3, -0.25) is 4.98 Å². The molecular formula is C14H12F5N3O3S. The van der Waals surface area contributed by atoms with E-state index < -0.39 is 34.4 Å². The number of alkyl halides is 5. The van der Waals surface area contributed by atoms with Gasteiger partial charge in [0.25, 0.3) is 12.6 Å². The summed E-state index contributed by atoms with van der Waals surface area (Å²) in [5, 5.41) is 0. The van der Waals surface area contributed by atoms with Crippen molar-refractivity contribution in [2.45, 2.75) is 30.5 Å². The Balaban J connectivity index is 2.32. The molecule has 0 radical (unpaired) electrons. The highest BCUT2D eigenvalue weighted by atomic mass is 32.2. The Morgan fingerprint density at radius 3 is 2.38 bits per heavy atom. The lowest BCUT2D eigenvalue weighted by atomic mass is 10.3. The Bertz CT molecular complexity index is 862. The van der Waals surface area contributed by atoms with Crippen molar-refractivity contribution in [1.29, 1.82) is 0 Å². The van der Waals surface area contributed by atoms with Crippen LogP contribution in [0.15, 0.2) is 35.6 Å². The molecule has 26 heavy (non-hydrogen) atoms. The van der Waals surface area contributed by atoms with E-state index in [2.05, 4.69) is 19.7 Å². The van der Waals surface area contributed by atoms with Gasteiger partial charge in [-0.2, -0.15) is 8.78 Å². The average molecular weight is 397 g/mol. The number of aromatic nitrogens is 3. The summed E-state index contributed by atoms with van der Waals surface area (Å²) in [7, 11) is -3.65. The first-order valence-electron chi connectivity index (χ1n) is 7.07. The second-order valence-electron chi connectivity index (χ2n) is 4.89. The maximum atomic E-state index is 13.2. The summed E-state index contributed by atoms with van der Waals surface area (Å²) in [5.74, 6) is -1.13. The molecule has 0 bridgehead atoms. The number of hydrogen-bond acceptors (Lipinski definition) is 6. The molecule has 0 N–H and O–H groups in total. The molecule has 1 unspecified atom stereocenters. The zero-order valence-electron chi connectivity index (χ0n) is 13.1. The summed E-state index contributed by atoms with van der Waals surface area (Å²) in [5.41, 5.74) is -0.157. The van der Waals surface area contributed by atoms with Gasteiger partial charge in [-0.15, -0.1) is 0 Å². The van der Waals surface area contributed by atoms with Gasteiger partial charge in [-0.25, -0.2) is 31.6 Å². The van der Waals surface area contributed by atoms with Crippen molar-refractivity contribution in [3.63, 3.8) is 0 Å². The Labute approximate surface area is 145 Å². The maximum Gasteiger partial charge on any atom is 0.436 e. The van der Waals surface area contributed by atoms with Gasteiger partial charge in [0.1, 0.15) is 11.4 Å². The van der Waals surface area contributed by atoms with Crippen LogP contribution in [-0.2, 0) is 9.84 Å². The highest BCUT2D eigenvalue weighted by Crippen LogP contribution is 2.30. The van der Waals surface area contributed by atoms with E-state index in [-0.39, 0.29) is 22.0 Å². The lowest BCUT2D eigenvalue weighted by Gasteiger charge is -2.20. The lowest BCUT2D eigenvalue weighted by molar-refractivity contribution is -0.246. The highest BCUT2D eigenvalue weighted by Gasteiger charge is 2.49. The van der Waals surface area contributed by atoms with Crippen LogP contribution in [0.3, 0.4) is 0 Å². The summed E-state index contributed by atoms with van der Waals surface area (Å²) >= 11 is 0. The predicted molar refractivity (Wildman–Crippen MR) is 79.5 cm³/mol. The molecule has 0 saturated heterocycles. The minimum Gasteiger partial charge on any atom is -0.411 e. The Hall–Kier alpha value is -2.37. The fraction of sp³-hybridized carbons (Fsp3) is 0.357. The second-order valence-corrected chi connectivity index (χ2v) is 7.14. The summed E-state index contributed by atoms with van der Waals surface area (Å²) in [6.45, 7) is 1.42. The van der Waals surface area contributed by atoms with Crippen LogP contribution in [0.4, 0.5) is 22.0 Å². The maximum absolute atomic E-state index is 13.2. The quantitative estimate of drug-likeness (QED) is 0.669. The number of hydrogen-bond donors (Lipinski definition) is 0. The minimum atomic E-state index is -4.81. The molecule has 1 atom stereocenters. The molecule has 2 aromatic rings. The van der Waals surface area contributed by atoms with Gasteiger partial charge in [0.05, 0.1) is 23.0 Å². The second kappa shape index (κ2) is 7.48. The number of sulfone groups is 1. The van der Waals surface area contributed by atoms with Crippen LogP contribution < -0.4 is 4.74 Å². The van der Waals surface area contributed by atoms with E-state index in [9.17, 15) is 30.4 Å². The lowest BCUT2D eigenvalue weighted by Crippen LogP contribution is -2.41. The van der Waals surface area contributed by atoms with E-state index in [1.165, 1.54) is 25.3 Å². The topological polar surface area (TPSA) is 82.0 Å². The van der Waals surface area contributed by atoms with Crippen LogP contribution in [0.25, 0.3) is 11.4 Å². The zero-order chi connectivity index (χ0) is 19.5. The third kappa shape index (κ3) is 4.23. The molecule has 142 valence electrons. The zero-order valence-corrected chi connectivity index (χ0v) is 13.9. The van der Waals surface area contributed by atoms with Gasteiger partial charge >= 0.3 is 6.11 Å². The van der Waals surface area contributed by atoms with Crippen LogP contribution in [0.2, 0.25) is 0 Å². The van der Waals surface area contributed by atoms with Gasteiger partial charge < -0.3 is 4.74 Å². The van der Waals surface area contributed by atoms with Crippen molar-refractivity contribution < 1.29 is 35.1 Å². The monoisotopic (exact) mass is 397 g/mol. The molecule has 0 aromatic carbocycles. The van der Waals surface area contributed by atoms with Gasteiger partial charge in [0.2, 0.25) is 5.88 Å². The van der Waals surface area contributed by atoms with Crippen LogP contribution in [0, 0.1) is 0 Å². The summed E-state index contributed by atoms with van der Waals surface area (Å²) in [4.78, 5) is 10.9. The molecular weight excluding hydrogens is 385 g/mol. The van der Waals surface area contributed by atoms with Crippen molar-refractivity contribution in [3.8, 4) is 17.3 Å². The number of pyridine rings is 1. The van der Waals surface area contributed by atoms with Crippen LogP contribution in [0.5, 0.6) is 5.88 Å². The van der Waals surface area contributed by atoms with E-state index in [4.69, 9.17) is 0 Å². The standard InChI is InChI=1S/C14H12F5N3O3S/c1-2-26(23,24)9-4-3-5-20-11(9)8-6-22-10(7-21-8)25-14(18,19)12(15)13(16)17/h3-7,12-13H,2H2,1H3. The predicted octanol–water partition coefficient (Wildman–Crippen LogP) is 2.91. The third-order valence-electron chi connectivity index (χ3n) is 3.14.